The highest BCUT2D eigenvalue weighted by Gasteiger charge is 2.25. The molecule has 0 unspecified atom stereocenters. The van der Waals surface area contributed by atoms with Crippen molar-refractivity contribution in [3.8, 4) is 0 Å². The van der Waals surface area contributed by atoms with Crippen LogP contribution in [0.3, 0.4) is 0 Å². The smallest absolute Gasteiger partial charge is 0.277 e. The molecule has 0 radical (unpaired) electrons. The first-order chi connectivity index (χ1) is 8.56. The lowest BCUT2D eigenvalue weighted by Gasteiger charge is -2.34. The summed E-state index contributed by atoms with van der Waals surface area (Å²) in [6.45, 7) is 1.03. The van der Waals surface area contributed by atoms with E-state index in [1.807, 2.05) is 0 Å². The molecule has 1 aliphatic rings. The summed E-state index contributed by atoms with van der Waals surface area (Å²) in [7, 11) is 1.69. The van der Waals surface area contributed by atoms with Crippen molar-refractivity contribution in [2.45, 2.75) is 6.54 Å². The number of nitro groups is 1. The fourth-order valence-electron chi connectivity index (χ4n) is 1.52. The van der Waals surface area contributed by atoms with Crippen LogP contribution in [-0.4, -0.2) is 46.3 Å². The largest absolute Gasteiger partial charge is 0.341 e. The summed E-state index contributed by atoms with van der Waals surface area (Å²) < 4.78 is 6.08. The highest BCUT2D eigenvalue weighted by Crippen LogP contribution is 2.21. The van der Waals surface area contributed by atoms with Crippen LogP contribution in [-0.2, 0) is 11.3 Å². The van der Waals surface area contributed by atoms with E-state index in [1.54, 1.807) is 23.0 Å². The molecule has 0 amide bonds. The second kappa shape index (κ2) is 5.59. The zero-order valence-electron chi connectivity index (χ0n) is 9.45. The van der Waals surface area contributed by atoms with Crippen LogP contribution in [0.4, 0.5) is 0 Å². The normalized spacial score (nSPS) is 18.4. The van der Waals surface area contributed by atoms with Gasteiger partial charge in [0.25, 0.3) is 5.96 Å². The molecule has 1 aromatic heterocycles. The van der Waals surface area contributed by atoms with Gasteiger partial charge in [-0.3, -0.25) is 0 Å². The second-order valence-electron chi connectivity index (χ2n) is 3.58. The Morgan fingerprint density at radius 1 is 1.72 bits per heavy atom. The van der Waals surface area contributed by atoms with Crippen LogP contribution < -0.4 is 0 Å². The Morgan fingerprint density at radius 3 is 3.11 bits per heavy atom. The molecule has 18 heavy (non-hydrogen) atoms. The Bertz CT molecular complexity index is 479. The third-order valence-corrected chi connectivity index (χ3v) is 3.66. The molecule has 0 spiro atoms. The van der Waals surface area contributed by atoms with Gasteiger partial charge >= 0.3 is 0 Å². The van der Waals surface area contributed by atoms with Crippen molar-refractivity contribution in [2.24, 2.45) is 5.10 Å². The number of hydrogen-bond donors (Lipinski definition) is 0. The van der Waals surface area contributed by atoms with Crippen molar-refractivity contribution in [3.63, 3.8) is 0 Å². The maximum absolute atomic E-state index is 10.5. The van der Waals surface area contributed by atoms with Gasteiger partial charge in [0.1, 0.15) is 18.6 Å². The van der Waals surface area contributed by atoms with Gasteiger partial charge < -0.3 is 14.5 Å². The molecule has 98 valence electrons. The third-order valence-electron chi connectivity index (χ3n) is 2.20. The highest BCUT2D eigenvalue weighted by atomic mass is 79.9. The number of thiazole rings is 1. The molecule has 1 fully saturated rings. The quantitative estimate of drug-likeness (QED) is 0.608. The zero-order chi connectivity index (χ0) is 13.1. The monoisotopic (exact) mass is 335 g/mol. The van der Waals surface area contributed by atoms with Crippen LogP contribution in [0.25, 0.3) is 0 Å². The maximum Gasteiger partial charge on any atom is 0.277 e. The van der Waals surface area contributed by atoms with E-state index in [1.165, 1.54) is 11.3 Å². The fourth-order valence-corrected chi connectivity index (χ4v) is 2.89. The molecule has 2 heterocycles. The van der Waals surface area contributed by atoms with E-state index >= 15 is 0 Å². The van der Waals surface area contributed by atoms with Crippen molar-refractivity contribution in [3.05, 3.63) is 25.1 Å². The summed E-state index contributed by atoms with van der Waals surface area (Å²) in [5.74, 6) is 0.288. The predicted molar refractivity (Wildman–Crippen MR) is 68.4 cm³/mol. The van der Waals surface area contributed by atoms with Gasteiger partial charge in [-0.2, -0.15) is 0 Å². The number of hydrogen-bond acceptors (Lipinski definition) is 5. The Labute approximate surface area is 115 Å². The van der Waals surface area contributed by atoms with Crippen molar-refractivity contribution in [2.75, 3.05) is 20.5 Å². The van der Waals surface area contributed by atoms with Gasteiger partial charge in [-0.1, -0.05) is 0 Å². The molecule has 0 N–H and O–H groups in total. The van der Waals surface area contributed by atoms with E-state index in [4.69, 9.17) is 4.74 Å². The number of rotatable bonds is 3. The minimum Gasteiger partial charge on any atom is -0.341 e. The van der Waals surface area contributed by atoms with Crippen LogP contribution in [0.15, 0.2) is 15.2 Å². The standard InChI is InChI=1S/C8H10BrN5O3S/c1-12-4-17-5-13(8(12)11-14(15)16)3-6-2-10-7(9)18-6/h2H,3-5H2,1H3. The Hall–Kier alpha value is -1.26. The highest BCUT2D eigenvalue weighted by molar-refractivity contribution is 9.11. The van der Waals surface area contributed by atoms with E-state index < -0.39 is 5.03 Å². The van der Waals surface area contributed by atoms with E-state index in [-0.39, 0.29) is 19.4 Å². The molecular weight excluding hydrogens is 326 g/mol. The number of halogens is 1. The number of aromatic nitrogens is 1. The van der Waals surface area contributed by atoms with E-state index in [0.717, 1.165) is 8.79 Å². The van der Waals surface area contributed by atoms with Gasteiger partial charge in [-0.05, 0) is 15.9 Å². The van der Waals surface area contributed by atoms with Crippen LogP contribution in [0, 0.1) is 10.1 Å². The molecule has 0 atom stereocenters. The van der Waals surface area contributed by atoms with Gasteiger partial charge in [0.2, 0.25) is 0 Å². The van der Waals surface area contributed by atoms with Crippen molar-refractivity contribution in [1.29, 1.82) is 0 Å². The van der Waals surface area contributed by atoms with Crippen LogP contribution >= 0.6 is 27.3 Å². The first-order valence-electron chi connectivity index (χ1n) is 4.93. The average Bonchev–Trinajstić information content (AvgIpc) is 2.69. The van der Waals surface area contributed by atoms with E-state index in [9.17, 15) is 10.1 Å². The number of ether oxygens (including phenoxy) is 1. The molecular formula is C8H10BrN5O3S. The van der Waals surface area contributed by atoms with Crippen LogP contribution in [0.1, 0.15) is 4.88 Å². The lowest BCUT2D eigenvalue weighted by molar-refractivity contribution is -0.486. The molecule has 0 saturated carbocycles. The van der Waals surface area contributed by atoms with Gasteiger partial charge in [0.05, 0.1) is 6.54 Å². The average molecular weight is 336 g/mol. The Morgan fingerprint density at radius 2 is 2.50 bits per heavy atom. The molecule has 10 heteroatoms. The summed E-state index contributed by atoms with van der Waals surface area (Å²) in [6, 6.07) is 0. The molecule has 0 aromatic carbocycles. The minimum absolute atomic E-state index is 0.270. The van der Waals surface area contributed by atoms with Gasteiger partial charge in [-0.25, -0.2) is 15.1 Å². The SMILES string of the molecule is CN1COCN(Cc2cnc(Br)s2)C1=N[N+](=O)[O-]. The summed E-state index contributed by atoms with van der Waals surface area (Å²) in [6.07, 6.45) is 1.72. The molecule has 1 aromatic rings. The first-order valence-corrected chi connectivity index (χ1v) is 6.54. The second-order valence-corrected chi connectivity index (χ2v) is 5.97. The Kier molecular flexibility index (Phi) is 4.09. The summed E-state index contributed by atoms with van der Waals surface area (Å²) in [5.41, 5.74) is 0. The zero-order valence-corrected chi connectivity index (χ0v) is 11.8. The Balaban J connectivity index is 2.15. The molecule has 0 aliphatic carbocycles. The first kappa shape index (κ1) is 13.2. The minimum atomic E-state index is -0.702. The van der Waals surface area contributed by atoms with Gasteiger partial charge in [-0.15, -0.1) is 11.3 Å². The summed E-state index contributed by atoms with van der Waals surface area (Å²) in [4.78, 5) is 18.8. The van der Waals surface area contributed by atoms with Crippen molar-refractivity contribution in [1.82, 2.24) is 14.8 Å². The van der Waals surface area contributed by atoms with Crippen molar-refractivity contribution < 1.29 is 9.77 Å². The summed E-state index contributed by atoms with van der Waals surface area (Å²) >= 11 is 4.74. The predicted octanol–water partition coefficient (Wildman–Crippen LogP) is 1.13. The molecule has 1 saturated heterocycles. The van der Waals surface area contributed by atoms with E-state index in [2.05, 4.69) is 26.0 Å². The number of nitrogens with zero attached hydrogens (tertiary/aromatic N) is 5. The number of guanidine groups is 1. The van der Waals surface area contributed by atoms with Crippen molar-refractivity contribution >= 4 is 33.2 Å². The molecule has 2 rings (SSSR count). The van der Waals surface area contributed by atoms with Crippen LogP contribution in [0.2, 0.25) is 0 Å². The van der Waals surface area contributed by atoms with E-state index in [0.29, 0.717) is 6.54 Å². The third kappa shape index (κ3) is 3.15. The lowest BCUT2D eigenvalue weighted by Crippen LogP contribution is -2.49. The molecule has 1 aliphatic heterocycles. The van der Waals surface area contributed by atoms with Gasteiger partial charge in [0.15, 0.2) is 8.95 Å². The van der Waals surface area contributed by atoms with Gasteiger partial charge in [0, 0.05) is 18.1 Å². The maximum atomic E-state index is 10.5. The lowest BCUT2D eigenvalue weighted by atomic mass is 10.5. The topological polar surface area (TPSA) is 84.1 Å². The number of hydrazone groups is 1. The fraction of sp³-hybridized carbons (Fsp3) is 0.500. The molecule has 0 bridgehead atoms. The summed E-state index contributed by atoms with van der Waals surface area (Å²) in [5, 5.41) is 13.2. The molecule has 8 nitrogen and oxygen atoms in total. The van der Waals surface area contributed by atoms with Crippen LogP contribution in [0.5, 0.6) is 0 Å².